The van der Waals surface area contributed by atoms with E-state index < -0.39 is 0 Å². The van der Waals surface area contributed by atoms with Gasteiger partial charge in [0, 0.05) is 12.2 Å². The topological polar surface area (TPSA) is 71.8 Å². The highest BCUT2D eigenvalue weighted by Gasteiger charge is 2.36. The van der Waals surface area contributed by atoms with Gasteiger partial charge >= 0.3 is 0 Å². The Balaban J connectivity index is 1.69. The third-order valence-corrected chi connectivity index (χ3v) is 3.91. The first-order valence-corrected chi connectivity index (χ1v) is 7.09. The van der Waals surface area contributed by atoms with Crippen LogP contribution in [-0.2, 0) is 11.3 Å². The van der Waals surface area contributed by atoms with Gasteiger partial charge in [0.2, 0.25) is 5.91 Å². The van der Waals surface area contributed by atoms with Crippen LogP contribution in [0.4, 0.5) is 5.69 Å². The monoisotopic (exact) mass is 285 g/mol. The van der Waals surface area contributed by atoms with Crippen LogP contribution in [0.25, 0.3) is 0 Å². The van der Waals surface area contributed by atoms with Crippen LogP contribution in [0.3, 0.4) is 0 Å². The zero-order valence-electron chi connectivity index (χ0n) is 12.0. The van der Waals surface area contributed by atoms with Crippen molar-refractivity contribution in [1.82, 2.24) is 20.1 Å². The molecule has 0 saturated carbocycles. The minimum Gasteiger partial charge on any atom is -0.326 e. The Morgan fingerprint density at radius 1 is 1.52 bits per heavy atom. The lowest BCUT2D eigenvalue weighted by Crippen LogP contribution is -2.35. The van der Waals surface area contributed by atoms with Crippen LogP contribution in [0.1, 0.15) is 18.9 Å². The van der Waals surface area contributed by atoms with Crippen LogP contribution in [-0.4, -0.2) is 33.8 Å². The van der Waals surface area contributed by atoms with Crippen LogP contribution in [0.5, 0.6) is 0 Å². The van der Waals surface area contributed by atoms with E-state index in [1.165, 1.54) is 6.33 Å². The summed E-state index contributed by atoms with van der Waals surface area (Å²) in [5.74, 6) is 0.0744. The van der Waals surface area contributed by atoms with Crippen molar-refractivity contribution >= 4 is 11.6 Å². The van der Waals surface area contributed by atoms with Crippen molar-refractivity contribution in [3.05, 3.63) is 42.5 Å². The Morgan fingerprint density at radius 2 is 2.43 bits per heavy atom. The van der Waals surface area contributed by atoms with Gasteiger partial charge in [-0.3, -0.25) is 4.79 Å². The number of rotatable bonds is 4. The predicted octanol–water partition coefficient (Wildman–Crippen LogP) is 1.26. The smallest absolute Gasteiger partial charge is 0.231 e. The number of benzene rings is 1. The number of hydrogen-bond acceptors (Lipinski definition) is 4. The Morgan fingerprint density at radius 3 is 3.14 bits per heavy atom. The second-order valence-electron chi connectivity index (χ2n) is 5.73. The molecule has 0 aliphatic carbocycles. The fourth-order valence-electron chi connectivity index (χ4n) is 2.54. The fraction of sp³-hybridized carbons (Fsp3) is 0.400. The SMILES string of the molecule is CC1(C(=O)Nc2cccc(Cn3cncn3)c2)CCNC1. The van der Waals surface area contributed by atoms with Crippen LogP contribution < -0.4 is 10.6 Å². The number of nitrogens with zero attached hydrogens (tertiary/aromatic N) is 3. The van der Waals surface area contributed by atoms with Crippen molar-refractivity contribution in [2.24, 2.45) is 5.41 Å². The normalized spacial score (nSPS) is 21.4. The number of nitrogens with one attached hydrogen (secondary N) is 2. The molecule has 1 aromatic carbocycles. The van der Waals surface area contributed by atoms with Crippen molar-refractivity contribution in [2.45, 2.75) is 19.9 Å². The first-order chi connectivity index (χ1) is 10.2. The summed E-state index contributed by atoms with van der Waals surface area (Å²) in [5.41, 5.74) is 1.58. The van der Waals surface area contributed by atoms with Gasteiger partial charge in [0.05, 0.1) is 12.0 Å². The van der Waals surface area contributed by atoms with Gasteiger partial charge in [-0.25, -0.2) is 9.67 Å². The second kappa shape index (κ2) is 5.65. The minimum atomic E-state index is -0.318. The van der Waals surface area contributed by atoms with Gasteiger partial charge in [0.1, 0.15) is 12.7 Å². The summed E-state index contributed by atoms with van der Waals surface area (Å²) in [5, 5.41) is 10.3. The van der Waals surface area contributed by atoms with Crippen molar-refractivity contribution in [3.63, 3.8) is 0 Å². The summed E-state index contributed by atoms with van der Waals surface area (Å²) < 4.78 is 1.75. The average Bonchev–Trinajstić information content (AvgIpc) is 3.12. The average molecular weight is 285 g/mol. The Bertz CT molecular complexity index is 617. The van der Waals surface area contributed by atoms with Crippen molar-refractivity contribution in [2.75, 3.05) is 18.4 Å². The summed E-state index contributed by atoms with van der Waals surface area (Å²) >= 11 is 0. The summed E-state index contributed by atoms with van der Waals surface area (Å²) in [6.45, 7) is 4.28. The third kappa shape index (κ3) is 3.11. The molecule has 1 aromatic heterocycles. The molecule has 6 nitrogen and oxygen atoms in total. The molecule has 1 fully saturated rings. The molecule has 1 aliphatic rings. The number of carbonyl (C=O) groups is 1. The molecule has 1 amide bonds. The number of amides is 1. The van der Waals surface area contributed by atoms with Gasteiger partial charge in [0.25, 0.3) is 0 Å². The standard InChI is InChI=1S/C15H19N5O/c1-15(5-6-16-9-15)14(21)19-13-4-2-3-12(7-13)8-20-11-17-10-18-20/h2-4,7,10-11,16H,5-6,8-9H2,1H3,(H,19,21). The number of carbonyl (C=O) groups excluding carboxylic acids is 1. The summed E-state index contributed by atoms with van der Waals surface area (Å²) in [6.07, 6.45) is 4.06. The molecule has 110 valence electrons. The Kier molecular flexibility index (Phi) is 3.70. The van der Waals surface area contributed by atoms with E-state index >= 15 is 0 Å². The number of hydrogen-bond donors (Lipinski definition) is 2. The fourth-order valence-corrected chi connectivity index (χ4v) is 2.54. The van der Waals surface area contributed by atoms with E-state index in [0.717, 1.165) is 30.8 Å². The van der Waals surface area contributed by atoms with Crippen LogP contribution in [0.15, 0.2) is 36.9 Å². The minimum absolute atomic E-state index is 0.0744. The predicted molar refractivity (Wildman–Crippen MR) is 79.8 cm³/mol. The molecule has 21 heavy (non-hydrogen) atoms. The highest BCUT2D eigenvalue weighted by molar-refractivity contribution is 5.95. The molecule has 2 N–H and O–H groups in total. The zero-order valence-corrected chi connectivity index (χ0v) is 12.0. The van der Waals surface area contributed by atoms with E-state index in [4.69, 9.17) is 0 Å². The second-order valence-corrected chi connectivity index (χ2v) is 5.73. The molecule has 6 heteroatoms. The molecule has 2 aromatic rings. The van der Waals surface area contributed by atoms with E-state index in [-0.39, 0.29) is 11.3 Å². The highest BCUT2D eigenvalue weighted by atomic mass is 16.2. The Hall–Kier alpha value is -2.21. The first-order valence-electron chi connectivity index (χ1n) is 7.09. The summed E-state index contributed by atoms with van der Waals surface area (Å²) in [7, 11) is 0. The van der Waals surface area contributed by atoms with Crippen molar-refractivity contribution in [1.29, 1.82) is 0 Å². The first kappa shape index (κ1) is 13.8. The quantitative estimate of drug-likeness (QED) is 0.887. The zero-order chi connectivity index (χ0) is 14.7. The lowest BCUT2D eigenvalue weighted by molar-refractivity contribution is -0.123. The van der Waals surface area contributed by atoms with Gasteiger partial charge in [0.15, 0.2) is 0 Å². The molecule has 0 radical (unpaired) electrons. The maximum Gasteiger partial charge on any atom is 0.231 e. The molecule has 0 bridgehead atoms. The van der Waals surface area contributed by atoms with Crippen molar-refractivity contribution in [3.8, 4) is 0 Å². The van der Waals surface area contributed by atoms with Gasteiger partial charge in [-0.1, -0.05) is 12.1 Å². The highest BCUT2D eigenvalue weighted by Crippen LogP contribution is 2.26. The summed E-state index contributed by atoms with van der Waals surface area (Å²) in [6, 6.07) is 7.84. The van der Waals surface area contributed by atoms with E-state index in [1.54, 1.807) is 11.0 Å². The maximum atomic E-state index is 12.4. The molecule has 1 unspecified atom stereocenters. The molecule has 1 saturated heterocycles. The van der Waals surface area contributed by atoms with Gasteiger partial charge < -0.3 is 10.6 Å². The van der Waals surface area contributed by atoms with Crippen LogP contribution in [0.2, 0.25) is 0 Å². The van der Waals surface area contributed by atoms with Gasteiger partial charge in [-0.15, -0.1) is 0 Å². The largest absolute Gasteiger partial charge is 0.326 e. The molecular weight excluding hydrogens is 266 g/mol. The van der Waals surface area contributed by atoms with E-state index in [0.29, 0.717) is 6.54 Å². The lowest BCUT2D eigenvalue weighted by atomic mass is 9.88. The van der Waals surface area contributed by atoms with E-state index in [9.17, 15) is 4.79 Å². The van der Waals surface area contributed by atoms with E-state index in [2.05, 4.69) is 20.7 Å². The van der Waals surface area contributed by atoms with Crippen LogP contribution >= 0.6 is 0 Å². The molecule has 2 heterocycles. The molecule has 0 spiro atoms. The van der Waals surface area contributed by atoms with Crippen LogP contribution in [0, 0.1) is 5.41 Å². The molecule has 1 aliphatic heterocycles. The van der Waals surface area contributed by atoms with Gasteiger partial charge in [-0.2, -0.15) is 5.10 Å². The lowest BCUT2D eigenvalue weighted by Gasteiger charge is -2.21. The van der Waals surface area contributed by atoms with Gasteiger partial charge in [-0.05, 0) is 37.6 Å². The Labute approximate surface area is 123 Å². The van der Waals surface area contributed by atoms with Crippen molar-refractivity contribution < 1.29 is 4.79 Å². The molecule has 1 atom stereocenters. The molecular formula is C15H19N5O. The number of anilines is 1. The summed E-state index contributed by atoms with van der Waals surface area (Å²) in [4.78, 5) is 16.3. The maximum absolute atomic E-state index is 12.4. The van der Waals surface area contributed by atoms with E-state index in [1.807, 2.05) is 31.2 Å². The third-order valence-electron chi connectivity index (χ3n) is 3.91. The molecule has 3 rings (SSSR count). The number of aromatic nitrogens is 3.